The van der Waals surface area contributed by atoms with E-state index in [9.17, 15) is 0 Å². The summed E-state index contributed by atoms with van der Waals surface area (Å²) in [6.45, 7) is 4.17. The van der Waals surface area contributed by atoms with E-state index in [0.29, 0.717) is 10.9 Å². The van der Waals surface area contributed by atoms with Gasteiger partial charge < -0.3 is 0 Å². The second-order valence-electron chi connectivity index (χ2n) is 3.29. The molecule has 0 aliphatic carbocycles. The first-order valence-electron chi connectivity index (χ1n) is 4.22. The first kappa shape index (κ1) is 10.4. The van der Waals surface area contributed by atoms with Crippen LogP contribution < -0.4 is 11.3 Å². The fraction of sp³-hybridized carbons (Fsp3) is 0.444. The summed E-state index contributed by atoms with van der Waals surface area (Å²) in [4.78, 5) is 3.92. The number of aromatic nitrogens is 1. The Morgan fingerprint density at radius 1 is 1.54 bits per heavy atom. The normalized spacial score (nSPS) is 13.3. The third-order valence-electron chi connectivity index (χ3n) is 1.99. The van der Waals surface area contributed by atoms with Gasteiger partial charge in [0.25, 0.3) is 0 Å². The zero-order valence-electron chi connectivity index (χ0n) is 7.79. The van der Waals surface area contributed by atoms with Gasteiger partial charge in [-0.3, -0.25) is 16.3 Å². The summed E-state index contributed by atoms with van der Waals surface area (Å²) in [5, 5.41) is 0.652. The Balaban J connectivity index is 2.97. The molecule has 4 heteroatoms. The van der Waals surface area contributed by atoms with Gasteiger partial charge in [0.15, 0.2) is 0 Å². The van der Waals surface area contributed by atoms with Crippen molar-refractivity contribution in [2.75, 3.05) is 0 Å². The first-order valence-corrected chi connectivity index (χ1v) is 4.60. The molecule has 13 heavy (non-hydrogen) atoms. The molecule has 0 aliphatic heterocycles. The Morgan fingerprint density at radius 2 is 2.23 bits per heavy atom. The Bertz CT molecular complexity index is 275. The smallest absolute Gasteiger partial charge is 0.0637 e. The minimum absolute atomic E-state index is 0.0792. The molecule has 0 fully saturated rings. The highest BCUT2D eigenvalue weighted by Gasteiger charge is 2.16. The molecule has 1 unspecified atom stereocenters. The molecule has 1 rings (SSSR count). The maximum atomic E-state index is 5.98. The Morgan fingerprint density at radius 3 is 2.69 bits per heavy atom. The second kappa shape index (κ2) is 4.56. The molecule has 0 aliphatic rings. The summed E-state index contributed by atoms with van der Waals surface area (Å²) in [5.74, 6) is 5.84. The van der Waals surface area contributed by atoms with Crippen molar-refractivity contribution in [3.8, 4) is 0 Å². The number of nitrogens with one attached hydrogen (secondary N) is 1. The van der Waals surface area contributed by atoms with E-state index in [1.807, 2.05) is 6.07 Å². The molecule has 1 aromatic rings. The molecule has 0 saturated carbocycles. The van der Waals surface area contributed by atoms with Gasteiger partial charge in [-0.2, -0.15) is 0 Å². The fourth-order valence-corrected chi connectivity index (χ4v) is 1.52. The lowest BCUT2D eigenvalue weighted by molar-refractivity contribution is 0.421. The highest BCUT2D eigenvalue weighted by molar-refractivity contribution is 6.31. The Labute approximate surface area is 83.3 Å². The maximum absolute atomic E-state index is 5.98. The summed E-state index contributed by atoms with van der Waals surface area (Å²) in [6, 6.07) is 1.96. The average molecular weight is 200 g/mol. The number of pyridine rings is 1. The zero-order valence-corrected chi connectivity index (χ0v) is 8.55. The number of halogens is 1. The van der Waals surface area contributed by atoms with E-state index in [0.717, 1.165) is 5.56 Å². The molecule has 0 saturated heterocycles. The SMILES string of the molecule is CC(C)C(NN)c1ccncc1Cl. The fourth-order valence-electron chi connectivity index (χ4n) is 1.28. The quantitative estimate of drug-likeness (QED) is 0.578. The monoisotopic (exact) mass is 199 g/mol. The van der Waals surface area contributed by atoms with E-state index in [4.69, 9.17) is 17.4 Å². The van der Waals surface area contributed by atoms with Crippen molar-refractivity contribution in [3.05, 3.63) is 29.0 Å². The number of hydrogen-bond acceptors (Lipinski definition) is 3. The highest BCUT2D eigenvalue weighted by Crippen LogP contribution is 2.26. The van der Waals surface area contributed by atoms with E-state index < -0.39 is 0 Å². The van der Waals surface area contributed by atoms with Gasteiger partial charge in [-0.1, -0.05) is 25.4 Å². The van der Waals surface area contributed by atoms with Gasteiger partial charge in [-0.05, 0) is 17.5 Å². The van der Waals surface area contributed by atoms with Crippen molar-refractivity contribution in [3.63, 3.8) is 0 Å². The van der Waals surface area contributed by atoms with E-state index in [1.165, 1.54) is 0 Å². The lowest BCUT2D eigenvalue weighted by atomic mass is 9.98. The first-order chi connectivity index (χ1) is 6.16. The van der Waals surface area contributed by atoms with Crippen LogP contribution in [0.15, 0.2) is 18.5 Å². The molecule has 3 nitrogen and oxygen atoms in total. The number of hydrazine groups is 1. The Hall–Kier alpha value is -0.640. The van der Waals surface area contributed by atoms with Crippen LogP contribution >= 0.6 is 11.6 Å². The minimum Gasteiger partial charge on any atom is -0.271 e. The van der Waals surface area contributed by atoms with Gasteiger partial charge in [0, 0.05) is 18.4 Å². The average Bonchev–Trinajstić information content (AvgIpc) is 2.09. The molecule has 1 heterocycles. The second-order valence-corrected chi connectivity index (χ2v) is 3.69. The van der Waals surface area contributed by atoms with Gasteiger partial charge in [-0.15, -0.1) is 0 Å². The zero-order chi connectivity index (χ0) is 9.84. The molecule has 0 aromatic carbocycles. The summed E-state index contributed by atoms with van der Waals surface area (Å²) >= 11 is 5.98. The number of rotatable bonds is 3. The Kier molecular flexibility index (Phi) is 3.66. The van der Waals surface area contributed by atoms with Crippen LogP contribution in [0.25, 0.3) is 0 Å². The largest absolute Gasteiger partial charge is 0.271 e. The highest BCUT2D eigenvalue weighted by atomic mass is 35.5. The van der Waals surface area contributed by atoms with Gasteiger partial charge in [0.1, 0.15) is 0 Å². The number of nitrogens with two attached hydrogens (primary N) is 1. The standard InChI is InChI=1S/C9H14ClN3/c1-6(2)9(13-11)7-3-4-12-5-8(7)10/h3-6,9,13H,11H2,1-2H3. The van der Waals surface area contributed by atoms with Crippen LogP contribution in [0.1, 0.15) is 25.5 Å². The van der Waals surface area contributed by atoms with E-state index in [1.54, 1.807) is 12.4 Å². The molecule has 0 bridgehead atoms. The third kappa shape index (κ3) is 2.40. The molecular formula is C9H14ClN3. The van der Waals surface area contributed by atoms with Crippen LogP contribution in [0.3, 0.4) is 0 Å². The van der Waals surface area contributed by atoms with Crippen LogP contribution in [0.4, 0.5) is 0 Å². The minimum atomic E-state index is 0.0792. The number of hydrogen-bond donors (Lipinski definition) is 2. The lowest BCUT2D eigenvalue weighted by Crippen LogP contribution is -2.31. The molecule has 0 spiro atoms. The summed E-state index contributed by atoms with van der Waals surface area (Å²) < 4.78 is 0. The van der Waals surface area contributed by atoms with Crippen LogP contribution in [0, 0.1) is 5.92 Å². The third-order valence-corrected chi connectivity index (χ3v) is 2.30. The van der Waals surface area contributed by atoms with Crippen molar-refractivity contribution < 1.29 is 0 Å². The van der Waals surface area contributed by atoms with Crippen LogP contribution in [0.2, 0.25) is 5.02 Å². The number of nitrogens with zero attached hydrogens (tertiary/aromatic N) is 1. The van der Waals surface area contributed by atoms with E-state index in [2.05, 4.69) is 24.3 Å². The molecular weight excluding hydrogens is 186 g/mol. The van der Waals surface area contributed by atoms with E-state index in [-0.39, 0.29) is 6.04 Å². The molecule has 1 aromatic heterocycles. The van der Waals surface area contributed by atoms with E-state index >= 15 is 0 Å². The van der Waals surface area contributed by atoms with Crippen molar-refractivity contribution in [2.24, 2.45) is 11.8 Å². The summed E-state index contributed by atoms with van der Waals surface area (Å²) in [7, 11) is 0. The van der Waals surface area contributed by atoms with Crippen molar-refractivity contribution in [1.29, 1.82) is 0 Å². The molecule has 72 valence electrons. The topological polar surface area (TPSA) is 50.9 Å². The van der Waals surface area contributed by atoms with Gasteiger partial charge in [0.05, 0.1) is 5.02 Å². The van der Waals surface area contributed by atoms with Crippen LogP contribution in [0.5, 0.6) is 0 Å². The van der Waals surface area contributed by atoms with Gasteiger partial charge in [-0.25, -0.2) is 0 Å². The van der Waals surface area contributed by atoms with Crippen molar-refractivity contribution in [1.82, 2.24) is 10.4 Å². The summed E-state index contributed by atoms with van der Waals surface area (Å²) in [6.07, 6.45) is 3.34. The van der Waals surface area contributed by atoms with Crippen molar-refractivity contribution >= 4 is 11.6 Å². The predicted octanol–water partition coefficient (Wildman–Crippen LogP) is 1.90. The molecule has 0 radical (unpaired) electrons. The van der Waals surface area contributed by atoms with Gasteiger partial charge >= 0.3 is 0 Å². The van der Waals surface area contributed by atoms with Crippen LogP contribution in [-0.4, -0.2) is 4.98 Å². The summed E-state index contributed by atoms with van der Waals surface area (Å²) in [5.41, 5.74) is 3.74. The van der Waals surface area contributed by atoms with Crippen molar-refractivity contribution in [2.45, 2.75) is 19.9 Å². The molecule has 0 amide bonds. The predicted molar refractivity (Wildman–Crippen MR) is 54.1 cm³/mol. The lowest BCUT2D eigenvalue weighted by Gasteiger charge is -2.20. The molecule has 3 N–H and O–H groups in total. The maximum Gasteiger partial charge on any atom is 0.0637 e. The van der Waals surface area contributed by atoms with Gasteiger partial charge in [0.2, 0.25) is 0 Å². The molecule has 1 atom stereocenters. The van der Waals surface area contributed by atoms with Crippen LogP contribution in [-0.2, 0) is 0 Å².